The molecule has 0 amide bonds. The summed E-state index contributed by atoms with van der Waals surface area (Å²) in [7, 11) is 2.25. The van der Waals surface area contributed by atoms with Crippen LogP contribution in [-0.2, 0) is 24.5 Å². The fourth-order valence-corrected chi connectivity index (χ4v) is 2.41. The predicted molar refractivity (Wildman–Crippen MR) is 67.3 cm³/mol. The summed E-state index contributed by atoms with van der Waals surface area (Å²) in [5, 5.41) is 0. The summed E-state index contributed by atoms with van der Waals surface area (Å²) >= 11 is 0. The zero-order valence-corrected chi connectivity index (χ0v) is 12.2. The highest BCUT2D eigenvalue weighted by molar-refractivity contribution is 7.86. The maximum atomic E-state index is 12.0. The molecule has 0 radical (unpaired) electrons. The summed E-state index contributed by atoms with van der Waals surface area (Å²) in [5.41, 5.74) is 0. The van der Waals surface area contributed by atoms with E-state index in [0.29, 0.717) is 19.6 Å². The molecular weight excluding hydrogens is 260 g/mol. The number of nitrogens with zero attached hydrogens (tertiary/aromatic N) is 2. The first-order valence-corrected chi connectivity index (χ1v) is 6.99. The lowest BCUT2D eigenvalue weighted by Gasteiger charge is -2.23. The highest BCUT2D eigenvalue weighted by Gasteiger charge is 2.23. The minimum atomic E-state index is -3.52. The van der Waals surface area contributed by atoms with Crippen LogP contribution in [0.1, 0.15) is 12.8 Å². The van der Waals surface area contributed by atoms with E-state index in [1.165, 1.54) is 25.5 Å². The SMILES string of the molecule is COCCCN(C)S(=O)(=O)N(C)CCC(=O)OC. The van der Waals surface area contributed by atoms with Crippen LogP contribution in [0.25, 0.3) is 0 Å². The zero-order chi connectivity index (χ0) is 14.2. The van der Waals surface area contributed by atoms with Crippen molar-refractivity contribution in [1.82, 2.24) is 8.61 Å². The Morgan fingerprint density at radius 3 is 2.17 bits per heavy atom. The molecule has 108 valence electrons. The van der Waals surface area contributed by atoms with Crippen LogP contribution in [0, 0.1) is 0 Å². The van der Waals surface area contributed by atoms with Crippen molar-refractivity contribution in [3.63, 3.8) is 0 Å². The van der Waals surface area contributed by atoms with Crippen LogP contribution < -0.4 is 0 Å². The maximum Gasteiger partial charge on any atom is 0.306 e. The number of hydrogen-bond donors (Lipinski definition) is 0. The smallest absolute Gasteiger partial charge is 0.306 e. The molecule has 0 aliphatic heterocycles. The summed E-state index contributed by atoms with van der Waals surface area (Å²) in [5.74, 6) is -0.431. The second-order valence-corrected chi connectivity index (χ2v) is 5.97. The van der Waals surface area contributed by atoms with Gasteiger partial charge in [0.15, 0.2) is 0 Å². The van der Waals surface area contributed by atoms with E-state index in [1.54, 1.807) is 7.11 Å². The molecule has 0 heterocycles. The van der Waals surface area contributed by atoms with Gasteiger partial charge < -0.3 is 9.47 Å². The molecule has 0 rings (SSSR count). The lowest BCUT2D eigenvalue weighted by molar-refractivity contribution is -0.140. The quantitative estimate of drug-likeness (QED) is 0.428. The first kappa shape index (κ1) is 17.3. The van der Waals surface area contributed by atoms with Crippen molar-refractivity contribution in [3.05, 3.63) is 0 Å². The average Bonchev–Trinajstić information content (AvgIpc) is 2.35. The summed E-state index contributed by atoms with van der Waals surface area (Å²) in [4.78, 5) is 11.0. The minimum Gasteiger partial charge on any atom is -0.469 e. The molecule has 0 aliphatic rings. The Kier molecular flexibility index (Phi) is 8.08. The molecule has 0 saturated heterocycles. The fourth-order valence-electron chi connectivity index (χ4n) is 1.25. The van der Waals surface area contributed by atoms with E-state index >= 15 is 0 Å². The van der Waals surface area contributed by atoms with Gasteiger partial charge in [0.2, 0.25) is 0 Å². The number of ether oxygens (including phenoxy) is 2. The summed E-state index contributed by atoms with van der Waals surface area (Å²) in [6.07, 6.45) is 0.662. The molecule has 18 heavy (non-hydrogen) atoms. The number of rotatable bonds is 9. The highest BCUT2D eigenvalue weighted by Crippen LogP contribution is 2.05. The van der Waals surface area contributed by atoms with E-state index in [1.807, 2.05) is 0 Å². The molecule has 8 heteroatoms. The standard InChI is InChI=1S/C10H22N2O5S/c1-11(7-5-9-16-3)18(14,15)12(2)8-6-10(13)17-4/h5-9H2,1-4H3. The maximum absolute atomic E-state index is 12.0. The van der Waals surface area contributed by atoms with Crippen LogP contribution >= 0.6 is 0 Å². The van der Waals surface area contributed by atoms with Crippen molar-refractivity contribution < 1.29 is 22.7 Å². The second-order valence-electron chi connectivity index (χ2n) is 3.82. The molecule has 0 unspecified atom stereocenters. The highest BCUT2D eigenvalue weighted by atomic mass is 32.2. The minimum absolute atomic E-state index is 0.0398. The van der Waals surface area contributed by atoms with Crippen LogP contribution in [0.15, 0.2) is 0 Å². The van der Waals surface area contributed by atoms with Gasteiger partial charge in [-0.2, -0.15) is 17.0 Å². The molecule has 0 N–H and O–H groups in total. The average molecular weight is 282 g/mol. The van der Waals surface area contributed by atoms with Crippen LogP contribution in [0.5, 0.6) is 0 Å². The van der Waals surface area contributed by atoms with E-state index < -0.39 is 16.2 Å². The third-order valence-corrected chi connectivity index (χ3v) is 4.41. The van der Waals surface area contributed by atoms with Crippen LogP contribution in [0.4, 0.5) is 0 Å². The lowest BCUT2D eigenvalue weighted by atomic mass is 10.4. The Morgan fingerprint density at radius 2 is 1.67 bits per heavy atom. The zero-order valence-electron chi connectivity index (χ0n) is 11.4. The molecule has 0 aromatic carbocycles. The lowest BCUT2D eigenvalue weighted by Crippen LogP contribution is -2.41. The molecule has 0 aromatic rings. The van der Waals surface area contributed by atoms with Gasteiger partial charge in [-0.25, -0.2) is 0 Å². The number of hydrogen-bond acceptors (Lipinski definition) is 5. The monoisotopic (exact) mass is 282 g/mol. The van der Waals surface area contributed by atoms with Gasteiger partial charge >= 0.3 is 5.97 Å². The van der Waals surface area contributed by atoms with Gasteiger partial charge in [0, 0.05) is 40.9 Å². The van der Waals surface area contributed by atoms with Crippen molar-refractivity contribution in [1.29, 1.82) is 0 Å². The van der Waals surface area contributed by atoms with Gasteiger partial charge in [-0.15, -0.1) is 0 Å². The third-order valence-electron chi connectivity index (χ3n) is 2.47. The van der Waals surface area contributed by atoms with Gasteiger partial charge in [-0.3, -0.25) is 4.79 Å². The fraction of sp³-hybridized carbons (Fsp3) is 0.900. The molecule has 0 atom stereocenters. The summed E-state index contributed by atoms with van der Waals surface area (Å²) < 4.78 is 35.7. The Balaban J connectivity index is 4.28. The van der Waals surface area contributed by atoms with Crippen LogP contribution in [-0.4, -0.2) is 71.0 Å². The van der Waals surface area contributed by atoms with E-state index in [-0.39, 0.29) is 13.0 Å². The molecule has 0 aromatic heterocycles. The molecule has 7 nitrogen and oxygen atoms in total. The Morgan fingerprint density at radius 1 is 1.11 bits per heavy atom. The Labute approximate surface area is 109 Å². The molecule has 0 bridgehead atoms. The topological polar surface area (TPSA) is 76.2 Å². The Hall–Kier alpha value is -0.700. The predicted octanol–water partition coefficient (Wildman–Crippen LogP) is -0.306. The van der Waals surface area contributed by atoms with Crippen molar-refractivity contribution in [2.75, 3.05) is 48.0 Å². The van der Waals surface area contributed by atoms with E-state index in [4.69, 9.17) is 4.74 Å². The number of methoxy groups -OCH3 is 2. The van der Waals surface area contributed by atoms with E-state index in [9.17, 15) is 13.2 Å². The number of esters is 1. The van der Waals surface area contributed by atoms with Crippen molar-refractivity contribution in [2.24, 2.45) is 0 Å². The molecular formula is C10H22N2O5S. The molecule has 0 saturated carbocycles. The summed E-state index contributed by atoms with van der Waals surface area (Å²) in [6, 6.07) is 0. The molecule has 0 fully saturated rings. The number of carbonyl (C=O) groups excluding carboxylic acids is 1. The van der Waals surface area contributed by atoms with Crippen LogP contribution in [0.2, 0.25) is 0 Å². The second kappa shape index (κ2) is 8.41. The van der Waals surface area contributed by atoms with Crippen molar-refractivity contribution >= 4 is 16.2 Å². The molecule has 0 spiro atoms. The normalized spacial score (nSPS) is 12.1. The van der Waals surface area contributed by atoms with Crippen molar-refractivity contribution in [3.8, 4) is 0 Å². The first-order chi connectivity index (χ1) is 8.36. The van der Waals surface area contributed by atoms with E-state index in [2.05, 4.69) is 4.74 Å². The van der Waals surface area contributed by atoms with Gasteiger partial charge in [0.1, 0.15) is 0 Å². The molecule has 0 aliphatic carbocycles. The summed E-state index contributed by atoms with van der Waals surface area (Å²) in [6.45, 7) is 0.980. The number of carbonyl (C=O) groups is 1. The van der Waals surface area contributed by atoms with Gasteiger partial charge in [-0.05, 0) is 6.42 Å². The first-order valence-electron chi connectivity index (χ1n) is 5.59. The Bertz CT molecular complexity index is 344. The van der Waals surface area contributed by atoms with Gasteiger partial charge in [-0.1, -0.05) is 0 Å². The van der Waals surface area contributed by atoms with E-state index in [0.717, 1.165) is 4.31 Å². The van der Waals surface area contributed by atoms with Crippen LogP contribution in [0.3, 0.4) is 0 Å². The van der Waals surface area contributed by atoms with Gasteiger partial charge in [0.05, 0.1) is 13.5 Å². The third kappa shape index (κ3) is 5.76. The largest absolute Gasteiger partial charge is 0.469 e. The van der Waals surface area contributed by atoms with Crippen molar-refractivity contribution in [2.45, 2.75) is 12.8 Å². The van der Waals surface area contributed by atoms with Gasteiger partial charge in [0.25, 0.3) is 10.2 Å².